The first-order chi connectivity index (χ1) is 29.5. The summed E-state index contributed by atoms with van der Waals surface area (Å²) in [5.74, 6) is -0.0524. The van der Waals surface area contributed by atoms with Gasteiger partial charge < -0.3 is 20.3 Å². The number of esters is 1. The summed E-state index contributed by atoms with van der Waals surface area (Å²) >= 11 is 0. The zero-order chi connectivity index (χ0) is 43.7. The predicted octanol–water partition coefficient (Wildman–Crippen LogP) is 16.1. The second kappa shape index (κ2) is 50.2. The number of aliphatic hydroxyl groups excluding tert-OH is 2. The first-order valence-corrected chi connectivity index (χ1v) is 26.9. The summed E-state index contributed by atoms with van der Waals surface area (Å²) in [4.78, 5) is 24.4. The van der Waals surface area contributed by atoms with Gasteiger partial charge in [0.05, 0.1) is 25.4 Å². The van der Waals surface area contributed by atoms with Gasteiger partial charge in [-0.25, -0.2) is 0 Å². The van der Waals surface area contributed by atoms with Gasteiger partial charge in [-0.1, -0.05) is 244 Å². The highest BCUT2D eigenvalue weighted by Gasteiger charge is 2.20. The van der Waals surface area contributed by atoms with Gasteiger partial charge in [0.1, 0.15) is 0 Å². The van der Waals surface area contributed by atoms with Crippen molar-refractivity contribution < 1.29 is 24.5 Å². The first-order valence-electron chi connectivity index (χ1n) is 26.9. The van der Waals surface area contributed by atoms with E-state index in [0.717, 1.165) is 64.2 Å². The summed E-state index contributed by atoms with van der Waals surface area (Å²) in [5.41, 5.74) is 0. The highest BCUT2D eigenvalue weighted by atomic mass is 16.5. The Kier molecular flexibility index (Phi) is 49.1. The summed E-state index contributed by atoms with van der Waals surface area (Å²) in [5, 5.41) is 23.2. The molecular weight excluding hydrogens is 743 g/mol. The van der Waals surface area contributed by atoms with Gasteiger partial charge in [0.25, 0.3) is 0 Å². The maximum atomic E-state index is 12.4. The van der Waals surface area contributed by atoms with Crippen LogP contribution in [0.15, 0.2) is 12.2 Å². The Hall–Kier alpha value is -1.40. The monoisotopic (exact) mass is 848 g/mol. The van der Waals surface area contributed by atoms with Crippen molar-refractivity contribution in [3.63, 3.8) is 0 Å². The van der Waals surface area contributed by atoms with Crippen molar-refractivity contribution in [2.45, 2.75) is 309 Å². The summed E-state index contributed by atoms with van der Waals surface area (Å²) in [6, 6.07) is -0.552. The summed E-state index contributed by atoms with van der Waals surface area (Å²) in [6.45, 7) is 4.94. The Bertz CT molecular complexity index is 893. The number of hydrogen-bond acceptors (Lipinski definition) is 5. The quantitative estimate of drug-likeness (QED) is 0.0322. The first kappa shape index (κ1) is 58.6. The van der Waals surface area contributed by atoms with Gasteiger partial charge in [-0.2, -0.15) is 0 Å². The normalized spacial score (nSPS) is 12.7. The molecule has 60 heavy (non-hydrogen) atoms. The van der Waals surface area contributed by atoms with Crippen LogP contribution in [0.5, 0.6) is 0 Å². The Labute approximate surface area is 374 Å². The van der Waals surface area contributed by atoms with Crippen molar-refractivity contribution in [3.8, 4) is 0 Å². The lowest BCUT2D eigenvalue weighted by molar-refractivity contribution is -0.143. The standard InChI is InChI=1S/C54H105NO5/c1-3-5-7-9-11-13-15-17-20-23-26-30-34-38-42-46-52(57)51(50-56)55-53(58)47-43-39-35-31-27-24-21-18-19-22-25-29-33-37-41-45-49-60-54(59)48-44-40-36-32-28-16-14-12-10-8-6-4-2/h18,21,51-52,56-57H,3-17,19-20,22-50H2,1-2H3,(H,55,58)/b21-18-. The molecule has 6 nitrogen and oxygen atoms in total. The molecule has 3 N–H and O–H groups in total. The van der Waals surface area contributed by atoms with Crippen LogP contribution < -0.4 is 5.32 Å². The fourth-order valence-electron chi connectivity index (χ4n) is 8.40. The predicted molar refractivity (Wildman–Crippen MR) is 260 cm³/mol. The van der Waals surface area contributed by atoms with Crippen molar-refractivity contribution >= 4 is 11.9 Å². The summed E-state index contributed by atoms with van der Waals surface area (Å²) in [7, 11) is 0. The van der Waals surface area contributed by atoms with E-state index in [-0.39, 0.29) is 18.5 Å². The van der Waals surface area contributed by atoms with E-state index in [1.54, 1.807) is 0 Å². The molecule has 0 saturated heterocycles. The molecule has 1 amide bonds. The van der Waals surface area contributed by atoms with Gasteiger partial charge >= 0.3 is 5.97 Å². The van der Waals surface area contributed by atoms with Gasteiger partial charge in [-0.3, -0.25) is 9.59 Å². The molecule has 0 aliphatic carbocycles. The van der Waals surface area contributed by atoms with Crippen LogP contribution in [0.25, 0.3) is 0 Å². The molecule has 0 aliphatic rings. The Morgan fingerprint density at radius 1 is 0.450 bits per heavy atom. The summed E-state index contributed by atoms with van der Waals surface area (Å²) < 4.78 is 5.45. The molecule has 0 fully saturated rings. The number of aliphatic hydroxyl groups is 2. The second-order valence-corrected chi connectivity index (χ2v) is 18.6. The smallest absolute Gasteiger partial charge is 0.305 e. The number of hydrogen-bond donors (Lipinski definition) is 3. The maximum absolute atomic E-state index is 12.4. The highest BCUT2D eigenvalue weighted by molar-refractivity contribution is 5.76. The number of nitrogens with one attached hydrogen (secondary N) is 1. The van der Waals surface area contributed by atoms with E-state index in [9.17, 15) is 19.8 Å². The van der Waals surface area contributed by atoms with E-state index in [0.29, 0.717) is 25.9 Å². The average Bonchev–Trinajstić information content (AvgIpc) is 3.25. The fourth-order valence-corrected chi connectivity index (χ4v) is 8.40. The van der Waals surface area contributed by atoms with Crippen LogP contribution in [0, 0.1) is 0 Å². The van der Waals surface area contributed by atoms with Crippen molar-refractivity contribution in [1.29, 1.82) is 0 Å². The summed E-state index contributed by atoms with van der Waals surface area (Å²) in [6.07, 6.45) is 57.5. The zero-order valence-corrected chi connectivity index (χ0v) is 40.5. The number of allylic oxidation sites excluding steroid dienone is 2. The fraction of sp³-hybridized carbons (Fsp3) is 0.926. The molecule has 2 unspecified atom stereocenters. The van der Waals surface area contributed by atoms with Crippen molar-refractivity contribution in [3.05, 3.63) is 12.2 Å². The number of unbranched alkanes of at least 4 members (excludes halogenated alkanes) is 37. The van der Waals surface area contributed by atoms with E-state index in [4.69, 9.17) is 4.74 Å². The SMILES string of the molecule is CCCCCCCCCCCCCCCCCC(O)C(CO)NC(=O)CCCCCCC/C=C\CCCCCCCCCOC(=O)CCCCCCCCCCCCCC. The zero-order valence-electron chi connectivity index (χ0n) is 40.5. The van der Waals surface area contributed by atoms with Gasteiger partial charge in [-0.15, -0.1) is 0 Å². The number of ether oxygens (including phenoxy) is 1. The van der Waals surface area contributed by atoms with E-state index in [1.165, 1.54) is 199 Å². The molecule has 0 aromatic heterocycles. The van der Waals surface area contributed by atoms with Crippen LogP contribution in [0.2, 0.25) is 0 Å². The van der Waals surface area contributed by atoms with E-state index < -0.39 is 12.1 Å². The van der Waals surface area contributed by atoms with Crippen LogP contribution in [0.1, 0.15) is 296 Å². The van der Waals surface area contributed by atoms with Crippen molar-refractivity contribution in [1.82, 2.24) is 5.32 Å². The molecule has 0 aromatic rings. The molecule has 0 aromatic carbocycles. The van der Waals surface area contributed by atoms with Gasteiger partial charge in [0.2, 0.25) is 5.91 Å². The molecule has 0 rings (SSSR count). The van der Waals surface area contributed by atoms with E-state index >= 15 is 0 Å². The van der Waals surface area contributed by atoms with Crippen LogP contribution in [0.4, 0.5) is 0 Å². The lowest BCUT2D eigenvalue weighted by Gasteiger charge is -2.22. The minimum atomic E-state index is -0.673. The molecule has 0 bridgehead atoms. The van der Waals surface area contributed by atoms with Gasteiger partial charge in [0, 0.05) is 12.8 Å². The highest BCUT2D eigenvalue weighted by Crippen LogP contribution is 2.17. The minimum Gasteiger partial charge on any atom is -0.466 e. The van der Waals surface area contributed by atoms with E-state index in [1.807, 2.05) is 0 Å². The van der Waals surface area contributed by atoms with Crippen LogP contribution >= 0.6 is 0 Å². The molecule has 0 radical (unpaired) electrons. The van der Waals surface area contributed by atoms with Gasteiger partial charge in [0.15, 0.2) is 0 Å². The topological polar surface area (TPSA) is 95.9 Å². The molecule has 0 spiro atoms. The average molecular weight is 848 g/mol. The lowest BCUT2D eigenvalue weighted by Crippen LogP contribution is -2.45. The Morgan fingerprint density at radius 3 is 1.18 bits per heavy atom. The van der Waals surface area contributed by atoms with E-state index in [2.05, 4.69) is 31.3 Å². The number of amides is 1. The van der Waals surface area contributed by atoms with Crippen molar-refractivity contribution in [2.75, 3.05) is 13.2 Å². The number of carbonyl (C=O) groups is 2. The van der Waals surface area contributed by atoms with Gasteiger partial charge in [-0.05, 0) is 51.4 Å². The molecule has 0 aliphatic heterocycles. The molecule has 0 heterocycles. The minimum absolute atomic E-state index is 0.00184. The molecular formula is C54H105NO5. The second-order valence-electron chi connectivity index (χ2n) is 18.6. The molecule has 356 valence electrons. The third-order valence-electron chi connectivity index (χ3n) is 12.6. The number of rotatable bonds is 50. The third-order valence-corrected chi connectivity index (χ3v) is 12.6. The number of carbonyl (C=O) groups excluding carboxylic acids is 2. The van der Waals surface area contributed by atoms with Crippen LogP contribution in [0.3, 0.4) is 0 Å². The maximum Gasteiger partial charge on any atom is 0.305 e. The largest absolute Gasteiger partial charge is 0.466 e. The van der Waals surface area contributed by atoms with Crippen LogP contribution in [-0.4, -0.2) is 47.4 Å². The molecule has 2 atom stereocenters. The van der Waals surface area contributed by atoms with Crippen molar-refractivity contribution in [2.24, 2.45) is 0 Å². The Balaban J connectivity index is 3.46. The lowest BCUT2D eigenvalue weighted by atomic mass is 10.0. The Morgan fingerprint density at radius 2 is 0.783 bits per heavy atom. The molecule has 0 saturated carbocycles. The third kappa shape index (κ3) is 46.1. The van der Waals surface area contributed by atoms with Crippen LogP contribution in [-0.2, 0) is 14.3 Å². The molecule has 6 heteroatoms.